The van der Waals surface area contributed by atoms with E-state index in [1.165, 1.54) is 47.7 Å². The van der Waals surface area contributed by atoms with Gasteiger partial charge in [0.25, 0.3) is 5.56 Å². The molecule has 0 atom stereocenters. The quantitative estimate of drug-likeness (QED) is 0.503. The van der Waals surface area contributed by atoms with Gasteiger partial charge in [-0.1, -0.05) is 12.5 Å². The van der Waals surface area contributed by atoms with E-state index in [9.17, 15) is 4.79 Å². The van der Waals surface area contributed by atoms with E-state index in [1.807, 2.05) is 48.4 Å². The average Bonchev–Trinajstić information content (AvgIpc) is 3.17. The van der Waals surface area contributed by atoms with E-state index in [1.54, 1.807) is 6.20 Å². The number of likely N-dealkylation sites (tertiary alicyclic amines) is 1. The normalized spacial score (nSPS) is 14.8. The Hall–Kier alpha value is -1.96. The number of nitrogens with one attached hydrogen (secondary N) is 1. The number of hydrogen-bond acceptors (Lipinski definition) is 6. The van der Waals surface area contributed by atoms with Crippen LogP contribution in [0, 0.1) is 6.92 Å². The molecule has 0 bridgehead atoms. The predicted molar refractivity (Wildman–Crippen MR) is 129 cm³/mol. The molecule has 0 spiro atoms. The van der Waals surface area contributed by atoms with Gasteiger partial charge in [-0.25, -0.2) is 4.98 Å². The van der Waals surface area contributed by atoms with E-state index < -0.39 is 0 Å². The van der Waals surface area contributed by atoms with Crippen LogP contribution in [0.4, 0.5) is 0 Å². The summed E-state index contributed by atoms with van der Waals surface area (Å²) in [5, 5.41) is 2.29. The first-order valence-electron chi connectivity index (χ1n) is 11.0. The highest BCUT2D eigenvalue weighted by molar-refractivity contribution is 7.98. The second kappa shape index (κ2) is 10.6. The number of pyridine rings is 1. The van der Waals surface area contributed by atoms with Crippen LogP contribution in [-0.4, -0.2) is 39.2 Å². The molecule has 4 rings (SSSR count). The van der Waals surface area contributed by atoms with E-state index in [-0.39, 0.29) is 5.56 Å². The van der Waals surface area contributed by atoms with Crippen molar-refractivity contribution in [3.63, 3.8) is 0 Å². The summed E-state index contributed by atoms with van der Waals surface area (Å²) in [6.07, 6.45) is 11.9. The van der Waals surface area contributed by atoms with E-state index >= 15 is 0 Å². The number of rotatable bonds is 8. The summed E-state index contributed by atoms with van der Waals surface area (Å²) in [5.41, 5.74) is 4.07. The van der Waals surface area contributed by atoms with Crippen molar-refractivity contribution in [2.24, 2.45) is 0 Å². The van der Waals surface area contributed by atoms with Crippen LogP contribution in [0.25, 0.3) is 0 Å². The number of aromatic amines is 1. The maximum absolute atomic E-state index is 12.6. The van der Waals surface area contributed by atoms with Gasteiger partial charge >= 0.3 is 0 Å². The van der Waals surface area contributed by atoms with Crippen molar-refractivity contribution in [1.29, 1.82) is 0 Å². The van der Waals surface area contributed by atoms with Gasteiger partial charge in [-0.05, 0) is 62.7 Å². The lowest BCUT2D eigenvalue weighted by molar-refractivity contribution is 0.222. The largest absolute Gasteiger partial charge is 0.310 e. The first kappa shape index (κ1) is 22.2. The topological polar surface area (TPSA) is 61.9 Å². The molecular formula is C24H30N4OS2. The second-order valence-corrected chi connectivity index (χ2v) is 10.0. The third-order valence-electron chi connectivity index (χ3n) is 5.88. The van der Waals surface area contributed by atoms with Crippen LogP contribution in [0.2, 0.25) is 0 Å². The molecule has 31 heavy (non-hydrogen) atoms. The zero-order valence-corrected chi connectivity index (χ0v) is 20.0. The van der Waals surface area contributed by atoms with E-state index in [0.717, 1.165) is 36.5 Å². The average molecular weight is 455 g/mol. The Morgan fingerprint density at radius 1 is 1.13 bits per heavy atom. The van der Waals surface area contributed by atoms with Crippen molar-refractivity contribution < 1.29 is 0 Å². The Morgan fingerprint density at radius 3 is 2.68 bits per heavy atom. The summed E-state index contributed by atoms with van der Waals surface area (Å²) in [6.45, 7) is 5.42. The molecule has 0 aromatic carbocycles. The van der Waals surface area contributed by atoms with Gasteiger partial charge in [0, 0.05) is 58.2 Å². The molecular weight excluding hydrogens is 424 g/mol. The van der Waals surface area contributed by atoms with Crippen molar-refractivity contribution in [1.82, 2.24) is 19.9 Å². The van der Waals surface area contributed by atoms with Gasteiger partial charge in [-0.2, -0.15) is 0 Å². The molecule has 0 unspecified atom stereocenters. The van der Waals surface area contributed by atoms with Crippen LogP contribution in [0.1, 0.15) is 52.3 Å². The van der Waals surface area contributed by atoms with Crippen LogP contribution < -0.4 is 5.56 Å². The van der Waals surface area contributed by atoms with Crippen molar-refractivity contribution >= 4 is 23.1 Å². The molecule has 0 amide bonds. The molecule has 0 radical (unpaired) electrons. The number of nitrogens with zero attached hydrogens (tertiary/aromatic N) is 3. The number of piperidine rings is 1. The third kappa shape index (κ3) is 5.84. The summed E-state index contributed by atoms with van der Waals surface area (Å²) in [6, 6.07) is 3.98. The SMILES string of the molecule is CSc1csc(CN2CCCCC2)c1CCc1ncc(Cc2ccc(C)nc2)c(=O)[nH]1. The smallest absolute Gasteiger partial charge is 0.254 e. The fourth-order valence-corrected chi connectivity index (χ4v) is 6.14. The van der Waals surface area contributed by atoms with E-state index in [0.29, 0.717) is 12.0 Å². The van der Waals surface area contributed by atoms with Gasteiger partial charge in [0.2, 0.25) is 0 Å². The summed E-state index contributed by atoms with van der Waals surface area (Å²) >= 11 is 3.69. The van der Waals surface area contributed by atoms with Crippen molar-refractivity contribution in [2.75, 3.05) is 19.3 Å². The Kier molecular flexibility index (Phi) is 7.58. The fraction of sp³-hybridized carbons (Fsp3) is 0.458. The highest BCUT2D eigenvalue weighted by Crippen LogP contribution is 2.32. The highest BCUT2D eigenvalue weighted by Gasteiger charge is 2.17. The van der Waals surface area contributed by atoms with Gasteiger partial charge in [0.05, 0.1) is 0 Å². The lowest BCUT2D eigenvalue weighted by atomic mass is 10.1. The number of hydrogen-bond donors (Lipinski definition) is 1. The zero-order valence-electron chi connectivity index (χ0n) is 18.3. The summed E-state index contributed by atoms with van der Waals surface area (Å²) in [4.78, 5) is 29.9. The first-order chi connectivity index (χ1) is 15.1. The van der Waals surface area contributed by atoms with Crippen molar-refractivity contribution in [3.8, 4) is 0 Å². The molecule has 3 aromatic rings. The summed E-state index contributed by atoms with van der Waals surface area (Å²) in [7, 11) is 0. The second-order valence-electron chi connectivity index (χ2n) is 8.21. The molecule has 1 aliphatic rings. The highest BCUT2D eigenvalue weighted by atomic mass is 32.2. The molecule has 5 nitrogen and oxygen atoms in total. The van der Waals surface area contributed by atoms with Crippen LogP contribution in [0.3, 0.4) is 0 Å². The molecule has 0 saturated carbocycles. The molecule has 3 aromatic heterocycles. The maximum atomic E-state index is 12.6. The van der Waals surface area contributed by atoms with Gasteiger partial charge < -0.3 is 4.98 Å². The van der Waals surface area contributed by atoms with Gasteiger partial charge in [-0.15, -0.1) is 23.1 Å². The van der Waals surface area contributed by atoms with Crippen molar-refractivity contribution in [2.45, 2.75) is 56.9 Å². The minimum absolute atomic E-state index is 0.0467. The predicted octanol–water partition coefficient (Wildman–Crippen LogP) is 4.62. The molecule has 1 N–H and O–H groups in total. The lowest BCUT2D eigenvalue weighted by Crippen LogP contribution is -2.29. The van der Waals surface area contributed by atoms with Gasteiger partial charge in [0.1, 0.15) is 5.82 Å². The Bertz CT molecular complexity index is 1050. The van der Waals surface area contributed by atoms with Crippen molar-refractivity contribution in [3.05, 3.63) is 73.3 Å². The van der Waals surface area contributed by atoms with Gasteiger partial charge in [0.15, 0.2) is 0 Å². The molecule has 7 heteroatoms. The fourth-order valence-electron chi connectivity index (χ4n) is 4.07. The van der Waals surface area contributed by atoms with Crippen LogP contribution in [0.5, 0.6) is 0 Å². The Morgan fingerprint density at radius 2 is 1.97 bits per heavy atom. The standard InChI is InChI=1S/C24H30N4OS2/c1-17-6-7-18(13-25-17)12-19-14-26-23(27-24(19)29)9-8-20-21(31-16-22(20)30-2)15-28-10-4-3-5-11-28/h6-7,13-14,16H,3-5,8-12,15H2,1-2H3,(H,26,27,29). The number of H-pyrrole nitrogens is 1. The Labute approximate surface area is 192 Å². The zero-order chi connectivity index (χ0) is 21.6. The molecule has 1 saturated heterocycles. The van der Waals surface area contributed by atoms with E-state index in [4.69, 9.17) is 0 Å². The molecule has 1 aliphatic heterocycles. The lowest BCUT2D eigenvalue weighted by Gasteiger charge is -2.26. The first-order valence-corrected chi connectivity index (χ1v) is 13.1. The molecule has 0 aliphatic carbocycles. The van der Waals surface area contributed by atoms with E-state index in [2.05, 4.69) is 31.5 Å². The third-order valence-corrected chi connectivity index (χ3v) is 7.85. The minimum atomic E-state index is -0.0467. The monoisotopic (exact) mass is 454 g/mol. The molecule has 4 heterocycles. The maximum Gasteiger partial charge on any atom is 0.254 e. The number of thioether (sulfide) groups is 1. The molecule has 164 valence electrons. The van der Waals surface area contributed by atoms with Crippen LogP contribution in [0.15, 0.2) is 39.6 Å². The summed E-state index contributed by atoms with van der Waals surface area (Å²) in [5.74, 6) is 0.762. The van der Waals surface area contributed by atoms with Crippen LogP contribution >= 0.6 is 23.1 Å². The molecule has 1 fully saturated rings. The Balaban J connectivity index is 1.43. The number of thiophene rings is 1. The number of aromatic nitrogens is 3. The minimum Gasteiger partial charge on any atom is -0.310 e. The number of aryl methyl sites for hydroxylation is 2. The van der Waals surface area contributed by atoms with Gasteiger partial charge in [-0.3, -0.25) is 14.7 Å². The van der Waals surface area contributed by atoms with Crippen LogP contribution in [-0.2, 0) is 25.8 Å². The summed E-state index contributed by atoms with van der Waals surface area (Å²) < 4.78 is 0.